The zero-order chi connectivity index (χ0) is 37.1. The SMILES string of the molecule is CC12C(=O)N(c3ccc(F)c(Cl)c3)C(=O)C1CC1C(=CCC3C(=O)N(c4cc(C(F)(F)F)cc(C(F)(F)F)c4)C(=O)C31)C2c1cc(Cl)ccc1O. The molecule has 6 unspecified atom stereocenters. The van der Waals surface area contributed by atoms with E-state index in [-0.39, 0.29) is 46.0 Å². The van der Waals surface area contributed by atoms with E-state index in [1.807, 2.05) is 0 Å². The Balaban J connectivity index is 1.37. The fourth-order valence-corrected chi connectivity index (χ4v) is 8.66. The van der Waals surface area contributed by atoms with Crippen LogP contribution in [0.3, 0.4) is 0 Å². The number of allylic oxidation sites excluding steroid dienone is 2. The van der Waals surface area contributed by atoms with Gasteiger partial charge < -0.3 is 5.11 Å². The van der Waals surface area contributed by atoms with E-state index >= 15 is 0 Å². The van der Waals surface area contributed by atoms with Crippen LogP contribution in [0.15, 0.2) is 66.2 Å². The van der Waals surface area contributed by atoms with Gasteiger partial charge in [-0.05, 0) is 80.3 Å². The number of benzene rings is 3. The van der Waals surface area contributed by atoms with Crippen molar-refractivity contribution in [3.05, 3.63) is 98.8 Å². The van der Waals surface area contributed by atoms with Crippen molar-refractivity contribution in [3.8, 4) is 5.75 Å². The molecular weight excluding hydrogens is 732 g/mol. The predicted octanol–water partition coefficient (Wildman–Crippen LogP) is 8.31. The average molecular weight is 755 g/mol. The van der Waals surface area contributed by atoms with Crippen LogP contribution >= 0.6 is 23.2 Å². The summed E-state index contributed by atoms with van der Waals surface area (Å²) in [6.07, 6.45) is -9.37. The molecule has 2 saturated heterocycles. The number of phenolic OH excluding ortho intramolecular Hbond substituents is 1. The summed E-state index contributed by atoms with van der Waals surface area (Å²) in [5.41, 5.74) is -5.62. The quantitative estimate of drug-likeness (QED) is 0.165. The van der Waals surface area contributed by atoms with Crippen LogP contribution in [0, 0.1) is 34.9 Å². The molecule has 51 heavy (non-hydrogen) atoms. The lowest BCUT2D eigenvalue weighted by Gasteiger charge is -2.49. The first-order chi connectivity index (χ1) is 23.7. The monoisotopic (exact) mass is 754 g/mol. The fraction of sp³-hybridized carbons (Fsp3) is 0.314. The Morgan fingerprint density at radius 2 is 1.43 bits per heavy atom. The molecule has 6 atom stereocenters. The lowest BCUT2D eigenvalue weighted by atomic mass is 9.51. The number of carbonyl (C=O) groups excluding carboxylic acids is 4. The maximum atomic E-state index is 14.4. The maximum Gasteiger partial charge on any atom is 0.416 e. The van der Waals surface area contributed by atoms with Gasteiger partial charge in [-0.2, -0.15) is 26.3 Å². The minimum atomic E-state index is -5.25. The number of phenols is 1. The topological polar surface area (TPSA) is 95.0 Å². The molecule has 7 nitrogen and oxygen atoms in total. The van der Waals surface area contributed by atoms with Gasteiger partial charge in [0.05, 0.1) is 50.7 Å². The van der Waals surface area contributed by atoms with Gasteiger partial charge in [0.25, 0.3) is 0 Å². The van der Waals surface area contributed by atoms with Crippen LogP contribution in [-0.2, 0) is 31.5 Å². The number of aromatic hydroxyl groups is 1. The molecule has 0 bridgehead atoms. The van der Waals surface area contributed by atoms with Gasteiger partial charge in [-0.3, -0.25) is 19.2 Å². The van der Waals surface area contributed by atoms with E-state index in [0.29, 0.717) is 22.6 Å². The van der Waals surface area contributed by atoms with Crippen LogP contribution in [0.2, 0.25) is 10.0 Å². The smallest absolute Gasteiger partial charge is 0.416 e. The molecular formula is C35H23Cl2F7N2O5. The van der Waals surface area contributed by atoms with Crippen molar-refractivity contribution in [2.45, 2.75) is 38.0 Å². The van der Waals surface area contributed by atoms with Gasteiger partial charge in [0.15, 0.2) is 0 Å². The van der Waals surface area contributed by atoms with E-state index in [0.717, 1.165) is 17.0 Å². The van der Waals surface area contributed by atoms with Gasteiger partial charge in [0.1, 0.15) is 11.6 Å². The minimum Gasteiger partial charge on any atom is -0.508 e. The molecule has 7 rings (SSSR count). The summed E-state index contributed by atoms with van der Waals surface area (Å²) < 4.78 is 96.5. The zero-order valence-electron chi connectivity index (χ0n) is 26.0. The van der Waals surface area contributed by atoms with Gasteiger partial charge in [-0.1, -0.05) is 34.9 Å². The summed E-state index contributed by atoms with van der Waals surface area (Å²) in [5, 5.41) is 10.9. The minimum absolute atomic E-state index is 0.0563. The second kappa shape index (κ2) is 11.5. The molecule has 0 spiro atoms. The molecule has 2 aliphatic carbocycles. The van der Waals surface area contributed by atoms with Crippen LogP contribution in [0.5, 0.6) is 5.75 Å². The second-order valence-electron chi connectivity index (χ2n) is 13.2. The van der Waals surface area contributed by atoms with Crippen LogP contribution < -0.4 is 9.80 Å². The van der Waals surface area contributed by atoms with Crippen LogP contribution in [-0.4, -0.2) is 28.7 Å². The third-order valence-electron chi connectivity index (χ3n) is 10.6. The molecule has 3 fully saturated rings. The number of amides is 4. The van der Waals surface area contributed by atoms with E-state index in [1.54, 1.807) is 6.08 Å². The van der Waals surface area contributed by atoms with Crippen molar-refractivity contribution >= 4 is 58.2 Å². The summed E-state index contributed by atoms with van der Waals surface area (Å²) in [5.74, 6) is -10.8. The predicted molar refractivity (Wildman–Crippen MR) is 168 cm³/mol. The first-order valence-corrected chi connectivity index (χ1v) is 16.2. The molecule has 16 heteroatoms. The lowest BCUT2D eigenvalue weighted by Crippen LogP contribution is -2.48. The Bertz CT molecular complexity index is 2070. The largest absolute Gasteiger partial charge is 0.508 e. The standard InChI is InChI=1S/C35H23Cl2F7N2O5/c1-33-23(30(49)46(32(33)51)17-3-6-25(38)24(37)12-17)13-21-19(28(33)22-11-16(36)2-7-26(22)47)4-5-20-27(21)31(50)45(29(20)48)18-9-14(34(39,40)41)8-15(10-18)35(42,43)44/h2-4,6-12,20-21,23,27-28,47H,5,13H2,1H3. The number of fused-ring (bicyclic) bond motifs is 4. The van der Waals surface area contributed by atoms with Gasteiger partial charge in [0.2, 0.25) is 23.6 Å². The zero-order valence-corrected chi connectivity index (χ0v) is 27.5. The van der Waals surface area contributed by atoms with Crippen LogP contribution in [0.1, 0.15) is 42.4 Å². The number of rotatable bonds is 3. The summed E-state index contributed by atoms with van der Waals surface area (Å²) in [7, 11) is 0. The number of hydrogen-bond acceptors (Lipinski definition) is 5. The number of nitrogens with zero attached hydrogens (tertiary/aromatic N) is 2. The highest BCUT2D eigenvalue weighted by Crippen LogP contribution is 2.64. The van der Waals surface area contributed by atoms with Gasteiger partial charge in [0, 0.05) is 16.5 Å². The Kier molecular flexibility index (Phi) is 7.92. The second-order valence-corrected chi connectivity index (χ2v) is 14.1. The fourth-order valence-electron chi connectivity index (χ4n) is 8.31. The average Bonchev–Trinajstić information content (AvgIpc) is 3.42. The van der Waals surface area contributed by atoms with Crippen molar-refractivity contribution in [2.24, 2.45) is 29.1 Å². The molecule has 1 N–H and O–H groups in total. The van der Waals surface area contributed by atoms with Gasteiger partial charge in [-0.25, -0.2) is 14.2 Å². The highest BCUT2D eigenvalue weighted by molar-refractivity contribution is 6.32. The van der Waals surface area contributed by atoms with Crippen LogP contribution in [0.25, 0.3) is 0 Å². The van der Waals surface area contributed by atoms with E-state index in [1.165, 1.54) is 31.2 Å². The molecule has 3 aromatic rings. The number of halogens is 9. The van der Waals surface area contributed by atoms with Crippen molar-refractivity contribution in [1.29, 1.82) is 0 Å². The van der Waals surface area contributed by atoms with E-state index in [9.17, 15) is 55.0 Å². The summed E-state index contributed by atoms with van der Waals surface area (Å²) >= 11 is 12.3. The Hall–Kier alpha value is -4.43. The third-order valence-corrected chi connectivity index (χ3v) is 11.1. The van der Waals surface area contributed by atoms with Gasteiger partial charge >= 0.3 is 12.4 Å². The molecule has 4 aliphatic rings. The maximum absolute atomic E-state index is 14.4. The number of carbonyl (C=O) groups is 4. The number of imide groups is 2. The first kappa shape index (κ1) is 35.0. The molecule has 2 aliphatic heterocycles. The van der Waals surface area contributed by atoms with E-state index in [4.69, 9.17) is 23.2 Å². The summed E-state index contributed by atoms with van der Waals surface area (Å²) in [4.78, 5) is 57.8. The molecule has 266 valence electrons. The van der Waals surface area contributed by atoms with Gasteiger partial charge in [-0.15, -0.1) is 0 Å². The van der Waals surface area contributed by atoms with Crippen molar-refractivity contribution in [3.63, 3.8) is 0 Å². The molecule has 1 saturated carbocycles. The highest BCUT2D eigenvalue weighted by Gasteiger charge is 2.68. The van der Waals surface area contributed by atoms with Crippen molar-refractivity contribution < 1.29 is 55.0 Å². The summed E-state index contributed by atoms with van der Waals surface area (Å²) in [6.45, 7) is 1.49. The van der Waals surface area contributed by atoms with Crippen molar-refractivity contribution in [1.82, 2.24) is 0 Å². The van der Waals surface area contributed by atoms with E-state index in [2.05, 4.69) is 0 Å². The van der Waals surface area contributed by atoms with Crippen LogP contribution in [0.4, 0.5) is 42.1 Å². The lowest BCUT2D eigenvalue weighted by molar-refractivity contribution is -0.143. The Morgan fingerprint density at radius 1 is 0.784 bits per heavy atom. The van der Waals surface area contributed by atoms with E-state index < -0.39 is 93.6 Å². The number of anilines is 2. The molecule has 4 amide bonds. The highest BCUT2D eigenvalue weighted by atomic mass is 35.5. The molecule has 0 radical (unpaired) electrons. The Labute approximate surface area is 294 Å². The number of alkyl halides is 6. The third kappa shape index (κ3) is 5.23. The first-order valence-electron chi connectivity index (χ1n) is 15.4. The number of hydrogen-bond donors (Lipinski definition) is 1. The normalized spacial score (nSPS) is 27.8. The summed E-state index contributed by atoms with van der Waals surface area (Å²) in [6, 6.07) is 7.72. The van der Waals surface area contributed by atoms with Crippen molar-refractivity contribution in [2.75, 3.05) is 9.80 Å². The Morgan fingerprint density at radius 3 is 2.04 bits per heavy atom. The molecule has 3 aromatic carbocycles. The molecule has 2 heterocycles. The molecule has 0 aromatic heterocycles.